The maximum absolute atomic E-state index is 9.46. The van der Waals surface area contributed by atoms with Gasteiger partial charge in [0.2, 0.25) is 0 Å². The van der Waals surface area contributed by atoms with Crippen molar-refractivity contribution < 1.29 is 19.7 Å². The second kappa shape index (κ2) is 15.4. The highest BCUT2D eigenvalue weighted by Crippen LogP contribution is 2.55. The number of rotatable bonds is 12. The number of piperidine rings is 1. The largest absolute Gasteiger partial charge is 0.493 e. The lowest BCUT2D eigenvalue weighted by molar-refractivity contribution is 0.228. The molecule has 2 aromatic rings. The summed E-state index contributed by atoms with van der Waals surface area (Å²) in [6.07, 6.45) is 3.35. The van der Waals surface area contributed by atoms with Crippen molar-refractivity contribution in [2.75, 3.05) is 39.5 Å². The van der Waals surface area contributed by atoms with E-state index in [1.807, 2.05) is 23.5 Å². The van der Waals surface area contributed by atoms with Crippen LogP contribution in [0, 0.1) is 0 Å². The van der Waals surface area contributed by atoms with E-state index < -0.39 is 0 Å². The molecule has 1 saturated heterocycles. The third-order valence-corrected chi connectivity index (χ3v) is 11.4. The monoisotopic (exact) mass is 673 g/mol. The molecule has 1 aliphatic rings. The fraction of sp³-hybridized carbons (Fsp3) is 0.692. The fourth-order valence-electron chi connectivity index (χ4n) is 5.80. The summed E-state index contributed by atoms with van der Waals surface area (Å²) in [5, 5.41) is 22.5. The highest BCUT2D eigenvalue weighted by Gasteiger charge is 2.38. The Morgan fingerprint density at radius 1 is 0.587 bits per heavy atom. The molecule has 0 aromatic heterocycles. The van der Waals surface area contributed by atoms with Crippen LogP contribution in [0.5, 0.6) is 11.5 Å². The summed E-state index contributed by atoms with van der Waals surface area (Å²) >= 11 is 4.04. The quantitative estimate of drug-likeness (QED) is 0.153. The van der Waals surface area contributed by atoms with Gasteiger partial charge in [0, 0.05) is 58.1 Å². The second-order valence-electron chi connectivity index (χ2n) is 16.9. The molecule has 3 rings (SSSR count). The molecular formula is C39H63NO4S2. The Morgan fingerprint density at radius 3 is 1.15 bits per heavy atom. The molecule has 1 aliphatic heterocycles. The van der Waals surface area contributed by atoms with Crippen LogP contribution in [0.25, 0.3) is 0 Å². The predicted octanol–water partition coefficient (Wildman–Crippen LogP) is 9.36. The van der Waals surface area contributed by atoms with Gasteiger partial charge in [0.25, 0.3) is 0 Å². The van der Waals surface area contributed by atoms with E-state index in [1.54, 1.807) is 0 Å². The first-order valence-corrected chi connectivity index (χ1v) is 18.8. The van der Waals surface area contributed by atoms with E-state index in [0.717, 1.165) is 37.4 Å². The average molecular weight is 674 g/mol. The lowest BCUT2D eigenvalue weighted by atomic mass is 9.79. The van der Waals surface area contributed by atoms with Crippen LogP contribution in [0.3, 0.4) is 0 Å². The minimum Gasteiger partial charge on any atom is -0.493 e. The zero-order chi connectivity index (χ0) is 34.6. The lowest BCUT2D eigenvalue weighted by Gasteiger charge is -2.38. The van der Waals surface area contributed by atoms with E-state index in [0.29, 0.717) is 26.1 Å². The predicted molar refractivity (Wildman–Crippen MR) is 199 cm³/mol. The molecule has 2 aromatic carbocycles. The number of nitrogens with one attached hydrogen (secondary N) is 1. The van der Waals surface area contributed by atoms with Gasteiger partial charge in [-0.25, -0.2) is 0 Å². The Kier molecular flexibility index (Phi) is 13.1. The van der Waals surface area contributed by atoms with E-state index in [-0.39, 0.29) is 39.0 Å². The maximum atomic E-state index is 9.46. The van der Waals surface area contributed by atoms with Crippen molar-refractivity contribution in [3.8, 4) is 11.5 Å². The first-order valence-electron chi connectivity index (χ1n) is 17.2. The van der Waals surface area contributed by atoms with E-state index >= 15 is 0 Å². The summed E-state index contributed by atoms with van der Waals surface area (Å²) in [7, 11) is 0. The van der Waals surface area contributed by atoms with Crippen molar-refractivity contribution in [2.45, 2.75) is 144 Å². The molecule has 0 spiro atoms. The molecular weight excluding hydrogens is 611 g/mol. The number of hydrogen-bond donors (Lipinski definition) is 3. The molecule has 0 aliphatic carbocycles. The summed E-state index contributed by atoms with van der Waals surface area (Å²) in [6, 6.07) is 9.49. The number of benzene rings is 2. The number of thioether (sulfide) groups is 2. The van der Waals surface area contributed by atoms with Crippen molar-refractivity contribution >= 4 is 23.5 Å². The minimum absolute atomic E-state index is 0.0433. The number of hydrogen-bond acceptors (Lipinski definition) is 7. The summed E-state index contributed by atoms with van der Waals surface area (Å²) in [5.74, 6) is 1.96. The van der Waals surface area contributed by atoms with Gasteiger partial charge in [0.05, 0.1) is 17.3 Å². The lowest BCUT2D eigenvalue weighted by Crippen LogP contribution is -2.37. The Balaban J connectivity index is 2.17. The summed E-state index contributed by atoms with van der Waals surface area (Å²) in [5.41, 5.74) is 4.49. The van der Waals surface area contributed by atoms with Crippen LogP contribution < -0.4 is 14.8 Å². The molecule has 0 unspecified atom stereocenters. The molecule has 0 atom stereocenters. The molecule has 0 radical (unpaired) electrons. The van der Waals surface area contributed by atoms with Crippen LogP contribution in [0.2, 0.25) is 0 Å². The molecule has 1 fully saturated rings. The Morgan fingerprint density at radius 2 is 0.891 bits per heavy atom. The third-order valence-electron chi connectivity index (χ3n) is 8.43. The molecule has 1 heterocycles. The van der Waals surface area contributed by atoms with Gasteiger partial charge in [-0.1, -0.05) is 83.1 Å². The van der Waals surface area contributed by atoms with Crippen molar-refractivity contribution in [1.29, 1.82) is 0 Å². The maximum Gasteiger partial charge on any atom is 0.126 e. The number of aliphatic hydroxyl groups excluding tert-OH is 2. The fourth-order valence-corrected chi connectivity index (χ4v) is 8.93. The first kappa shape index (κ1) is 39.1. The van der Waals surface area contributed by atoms with Crippen molar-refractivity contribution in [3.63, 3.8) is 0 Å². The van der Waals surface area contributed by atoms with Crippen molar-refractivity contribution in [2.24, 2.45) is 0 Å². The third kappa shape index (κ3) is 10.3. The standard InChI is InChI=1S/C39H63NO4S2/c1-35(2,3)29-23-27(24-30(36(4,5)6)33(29)43-21-13-19-41)45-39(15-17-40-18-16-39)46-28-25-31(37(7,8)9)34(44-22-14-20-42)32(26-28)38(10,11)12/h23-26,40-42H,13-22H2,1-12H3. The van der Waals surface area contributed by atoms with Crippen molar-refractivity contribution in [3.05, 3.63) is 46.5 Å². The molecule has 5 nitrogen and oxygen atoms in total. The van der Waals surface area contributed by atoms with Gasteiger partial charge in [-0.05, 0) is 71.9 Å². The van der Waals surface area contributed by atoms with Gasteiger partial charge in [-0.3, -0.25) is 0 Å². The van der Waals surface area contributed by atoms with Crippen LogP contribution >= 0.6 is 23.5 Å². The average Bonchev–Trinajstić information content (AvgIpc) is 2.92. The van der Waals surface area contributed by atoms with E-state index in [9.17, 15) is 10.2 Å². The highest BCUT2D eigenvalue weighted by atomic mass is 32.2. The molecule has 7 heteroatoms. The molecule has 46 heavy (non-hydrogen) atoms. The normalized spacial score (nSPS) is 16.0. The molecule has 0 bridgehead atoms. The van der Waals surface area contributed by atoms with Gasteiger partial charge in [0.15, 0.2) is 0 Å². The van der Waals surface area contributed by atoms with Crippen LogP contribution in [-0.2, 0) is 21.7 Å². The van der Waals surface area contributed by atoms with Crippen LogP contribution in [0.1, 0.15) is 131 Å². The zero-order valence-electron chi connectivity index (χ0n) is 30.9. The number of aliphatic hydroxyl groups is 2. The van der Waals surface area contributed by atoms with Crippen LogP contribution in [-0.4, -0.2) is 53.8 Å². The van der Waals surface area contributed by atoms with Gasteiger partial charge in [-0.15, -0.1) is 23.5 Å². The smallest absolute Gasteiger partial charge is 0.126 e. The van der Waals surface area contributed by atoms with Crippen molar-refractivity contribution in [1.82, 2.24) is 5.32 Å². The zero-order valence-corrected chi connectivity index (χ0v) is 32.5. The SMILES string of the molecule is CC(C)(C)c1cc(SC2(Sc3cc(C(C)(C)C)c(OCCCO)c(C(C)(C)C)c3)CCNCC2)cc(C(C)(C)C)c1OCCCO. The van der Waals surface area contributed by atoms with Gasteiger partial charge < -0.3 is 25.0 Å². The molecule has 260 valence electrons. The van der Waals surface area contributed by atoms with E-state index in [1.165, 1.54) is 32.0 Å². The Hall–Kier alpha value is -1.38. The second-order valence-corrected chi connectivity index (χ2v) is 20.1. The first-order chi connectivity index (χ1) is 21.2. The molecule has 3 N–H and O–H groups in total. The summed E-state index contributed by atoms with van der Waals surface area (Å²) < 4.78 is 12.9. The summed E-state index contributed by atoms with van der Waals surface area (Å²) in [4.78, 5) is 2.57. The topological polar surface area (TPSA) is 71.0 Å². The number of ether oxygens (including phenoxy) is 2. The highest BCUT2D eigenvalue weighted by molar-refractivity contribution is 8.18. The molecule has 0 amide bonds. The van der Waals surface area contributed by atoms with E-state index in [4.69, 9.17) is 9.47 Å². The van der Waals surface area contributed by atoms with Gasteiger partial charge in [0.1, 0.15) is 11.5 Å². The van der Waals surface area contributed by atoms with Gasteiger partial charge >= 0.3 is 0 Å². The Bertz CT molecular complexity index is 1130. The minimum atomic E-state index is -0.103. The van der Waals surface area contributed by atoms with Crippen LogP contribution in [0.15, 0.2) is 34.1 Å². The summed E-state index contributed by atoms with van der Waals surface area (Å²) in [6.45, 7) is 30.4. The molecule has 0 saturated carbocycles. The van der Waals surface area contributed by atoms with E-state index in [2.05, 4.69) is 113 Å². The van der Waals surface area contributed by atoms with Gasteiger partial charge in [-0.2, -0.15) is 0 Å². The van der Waals surface area contributed by atoms with Crippen LogP contribution in [0.4, 0.5) is 0 Å². The Labute approximate surface area is 289 Å².